The largest absolute Gasteiger partial charge is 0.495 e. The number of rotatable bonds is 5. The first-order valence-electron chi connectivity index (χ1n) is 6.71. The van der Waals surface area contributed by atoms with Crippen molar-refractivity contribution < 1.29 is 21.6 Å². The Morgan fingerprint density at radius 1 is 1.04 bits per heavy atom. The molecule has 0 aliphatic carbocycles. The first kappa shape index (κ1) is 18.8. The van der Waals surface area contributed by atoms with Crippen molar-refractivity contribution in [2.45, 2.75) is 16.7 Å². The van der Waals surface area contributed by atoms with Gasteiger partial charge in [0.25, 0.3) is 10.0 Å². The third-order valence-electron chi connectivity index (χ3n) is 3.30. The van der Waals surface area contributed by atoms with Gasteiger partial charge in [0, 0.05) is 10.7 Å². The first-order chi connectivity index (χ1) is 11.0. The molecule has 0 radical (unpaired) electrons. The molecule has 0 unspecified atom stereocenters. The molecule has 0 aromatic heterocycles. The highest BCUT2D eigenvalue weighted by atomic mass is 79.9. The Labute approximate surface area is 150 Å². The zero-order valence-corrected chi connectivity index (χ0v) is 16.4. The maximum atomic E-state index is 12.7. The number of halogens is 1. The summed E-state index contributed by atoms with van der Waals surface area (Å²) in [6, 6.07) is 8.88. The lowest BCUT2D eigenvalue weighted by Crippen LogP contribution is -2.15. The number of sulfone groups is 1. The van der Waals surface area contributed by atoms with Crippen molar-refractivity contribution in [3.63, 3.8) is 0 Å². The van der Waals surface area contributed by atoms with E-state index >= 15 is 0 Å². The van der Waals surface area contributed by atoms with Crippen LogP contribution in [-0.2, 0) is 19.9 Å². The van der Waals surface area contributed by atoms with Gasteiger partial charge in [-0.3, -0.25) is 4.72 Å². The summed E-state index contributed by atoms with van der Waals surface area (Å²) in [7, 11) is -6.04. The number of methoxy groups -OCH3 is 1. The fourth-order valence-corrected chi connectivity index (χ4v) is 4.48. The first-order valence-corrected chi connectivity index (χ1v) is 10.9. The predicted molar refractivity (Wildman–Crippen MR) is 95.8 cm³/mol. The van der Waals surface area contributed by atoms with Crippen molar-refractivity contribution in [2.75, 3.05) is 18.1 Å². The van der Waals surface area contributed by atoms with E-state index in [1.807, 2.05) is 0 Å². The van der Waals surface area contributed by atoms with Crippen LogP contribution in [0, 0.1) is 6.92 Å². The van der Waals surface area contributed by atoms with E-state index in [1.54, 1.807) is 19.1 Å². The van der Waals surface area contributed by atoms with Crippen LogP contribution in [0.15, 0.2) is 50.7 Å². The monoisotopic (exact) mass is 433 g/mol. The molecule has 130 valence electrons. The molecule has 0 amide bonds. The number of ether oxygens (including phenoxy) is 1. The van der Waals surface area contributed by atoms with Crippen LogP contribution >= 0.6 is 15.9 Å². The third-order valence-corrected chi connectivity index (χ3v) is 6.29. The van der Waals surface area contributed by atoms with Crippen molar-refractivity contribution in [3.8, 4) is 5.75 Å². The lowest BCUT2D eigenvalue weighted by molar-refractivity contribution is 0.403. The van der Waals surface area contributed by atoms with E-state index in [0.717, 1.165) is 6.26 Å². The minimum atomic E-state index is -3.96. The molecule has 0 saturated carbocycles. The molecule has 0 fully saturated rings. The normalized spacial score (nSPS) is 12.0. The molecule has 24 heavy (non-hydrogen) atoms. The number of anilines is 1. The Morgan fingerprint density at radius 3 is 2.29 bits per heavy atom. The smallest absolute Gasteiger partial charge is 0.265 e. The predicted octanol–water partition coefficient (Wildman–Crippen LogP) is 2.97. The number of nitrogens with one attached hydrogen (secondary N) is 1. The highest BCUT2D eigenvalue weighted by Gasteiger charge is 2.21. The average molecular weight is 434 g/mol. The molecule has 0 atom stereocenters. The molecular formula is C15H16BrNO5S2. The zero-order valence-electron chi connectivity index (χ0n) is 13.2. The van der Waals surface area contributed by atoms with Gasteiger partial charge in [-0.1, -0.05) is 22.0 Å². The molecule has 0 bridgehead atoms. The molecule has 6 nitrogen and oxygen atoms in total. The highest BCUT2D eigenvalue weighted by Crippen LogP contribution is 2.30. The van der Waals surface area contributed by atoms with Crippen molar-refractivity contribution >= 4 is 41.5 Å². The van der Waals surface area contributed by atoms with Gasteiger partial charge in [-0.25, -0.2) is 16.8 Å². The molecule has 2 aromatic rings. The summed E-state index contributed by atoms with van der Waals surface area (Å²) in [5, 5.41) is 0. The van der Waals surface area contributed by atoms with E-state index in [-0.39, 0.29) is 21.2 Å². The van der Waals surface area contributed by atoms with E-state index in [9.17, 15) is 16.8 Å². The maximum Gasteiger partial charge on any atom is 0.265 e. The van der Waals surface area contributed by atoms with E-state index < -0.39 is 19.9 Å². The van der Waals surface area contributed by atoms with Crippen molar-refractivity contribution in [3.05, 3.63) is 46.4 Å². The van der Waals surface area contributed by atoms with Gasteiger partial charge < -0.3 is 4.74 Å². The standard InChI is InChI=1S/C15H16BrNO5S2/c1-10-4-6-12(23(3,18)19)9-13(10)17-24(20,21)15-8-11(16)5-7-14(15)22-2/h4-9,17H,1-3H3. The average Bonchev–Trinajstić information content (AvgIpc) is 2.48. The number of hydrogen-bond donors (Lipinski definition) is 1. The Balaban J connectivity index is 2.53. The van der Waals surface area contributed by atoms with Gasteiger partial charge >= 0.3 is 0 Å². The lowest BCUT2D eigenvalue weighted by atomic mass is 10.2. The van der Waals surface area contributed by atoms with Gasteiger partial charge in [0.15, 0.2) is 9.84 Å². The summed E-state index contributed by atoms with van der Waals surface area (Å²) < 4.78 is 56.8. The van der Waals surface area contributed by atoms with Crippen LogP contribution in [0.5, 0.6) is 5.75 Å². The second-order valence-electron chi connectivity index (χ2n) is 5.15. The molecule has 0 heterocycles. The summed E-state index contributed by atoms with van der Waals surface area (Å²) in [4.78, 5) is -0.0180. The summed E-state index contributed by atoms with van der Waals surface area (Å²) >= 11 is 3.23. The summed E-state index contributed by atoms with van der Waals surface area (Å²) in [6.45, 7) is 1.68. The zero-order chi connectivity index (χ0) is 18.1. The SMILES string of the molecule is COc1ccc(Br)cc1S(=O)(=O)Nc1cc(S(C)(=O)=O)ccc1C. The van der Waals surface area contributed by atoms with Crippen LogP contribution in [0.3, 0.4) is 0 Å². The van der Waals surface area contributed by atoms with Gasteiger partial charge in [-0.2, -0.15) is 0 Å². The number of sulfonamides is 1. The van der Waals surface area contributed by atoms with Gasteiger partial charge in [0.2, 0.25) is 0 Å². The summed E-state index contributed by atoms with van der Waals surface area (Å²) in [5.41, 5.74) is 0.792. The second-order valence-corrected chi connectivity index (χ2v) is 9.73. The van der Waals surface area contributed by atoms with Crippen LogP contribution in [0.2, 0.25) is 0 Å². The Hall–Kier alpha value is -1.58. The minimum absolute atomic E-state index is 0.0343. The van der Waals surface area contributed by atoms with Gasteiger partial charge in [0.1, 0.15) is 10.6 Å². The van der Waals surface area contributed by atoms with Crippen molar-refractivity contribution in [1.82, 2.24) is 0 Å². The van der Waals surface area contributed by atoms with E-state index in [2.05, 4.69) is 20.7 Å². The maximum absolute atomic E-state index is 12.7. The van der Waals surface area contributed by atoms with Crippen LogP contribution in [-0.4, -0.2) is 30.2 Å². The van der Waals surface area contributed by atoms with Crippen LogP contribution in [0.25, 0.3) is 0 Å². The summed E-state index contributed by atoms with van der Waals surface area (Å²) in [6.07, 6.45) is 1.06. The van der Waals surface area contributed by atoms with Gasteiger partial charge in [-0.15, -0.1) is 0 Å². The van der Waals surface area contributed by atoms with E-state index in [0.29, 0.717) is 10.0 Å². The Bertz CT molecular complexity index is 985. The minimum Gasteiger partial charge on any atom is -0.495 e. The Kier molecular flexibility index (Phi) is 5.26. The van der Waals surface area contributed by atoms with Crippen LogP contribution in [0.4, 0.5) is 5.69 Å². The van der Waals surface area contributed by atoms with Crippen LogP contribution in [0.1, 0.15) is 5.56 Å². The second kappa shape index (κ2) is 6.73. The molecule has 0 aliphatic rings. The van der Waals surface area contributed by atoms with Gasteiger partial charge in [0.05, 0.1) is 17.7 Å². The molecule has 0 spiro atoms. The molecule has 2 aromatic carbocycles. The molecule has 2 rings (SSSR count). The van der Waals surface area contributed by atoms with Crippen molar-refractivity contribution in [2.24, 2.45) is 0 Å². The topological polar surface area (TPSA) is 89.5 Å². The fraction of sp³-hybridized carbons (Fsp3) is 0.200. The molecular weight excluding hydrogens is 418 g/mol. The Morgan fingerprint density at radius 2 is 1.71 bits per heavy atom. The molecule has 1 N–H and O–H groups in total. The molecule has 0 aliphatic heterocycles. The quantitative estimate of drug-likeness (QED) is 0.782. The number of benzene rings is 2. The van der Waals surface area contributed by atoms with Crippen LogP contribution < -0.4 is 9.46 Å². The van der Waals surface area contributed by atoms with E-state index in [1.165, 1.54) is 31.4 Å². The molecule has 0 saturated heterocycles. The highest BCUT2D eigenvalue weighted by molar-refractivity contribution is 9.10. The molecule has 9 heteroatoms. The number of hydrogen-bond acceptors (Lipinski definition) is 5. The number of aryl methyl sites for hydroxylation is 1. The lowest BCUT2D eigenvalue weighted by Gasteiger charge is -2.14. The summed E-state index contributed by atoms with van der Waals surface area (Å²) in [5.74, 6) is 0.183. The fourth-order valence-electron chi connectivity index (χ4n) is 2.00. The van der Waals surface area contributed by atoms with E-state index in [4.69, 9.17) is 4.74 Å². The van der Waals surface area contributed by atoms with Gasteiger partial charge in [-0.05, 0) is 42.8 Å². The third kappa shape index (κ3) is 4.08. The van der Waals surface area contributed by atoms with Crippen molar-refractivity contribution in [1.29, 1.82) is 0 Å².